The van der Waals surface area contributed by atoms with Crippen LogP contribution in [0.1, 0.15) is 27.9 Å². The van der Waals surface area contributed by atoms with E-state index in [4.69, 9.17) is 14.5 Å². The Morgan fingerprint density at radius 2 is 1.79 bits per heavy atom. The molecule has 0 saturated carbocycles. The number of rotatable bonds is 2. The van der Waals surface area contributed by atoms with Gasteiger partial charge in [0.1, 0.15) is 23.0 Å². The first-order valence-corrected chi connectivity index (χ1v) is 11.3. The molecule has 2 aliphatic rings. The topological polar surface area (TPSA) is 54.4 Å². The van der Waals surface area contributed by atoms with Gasteiger partial charge in [0, 0.05) is 31.7 Å². The Labute approximate surface area is 194 Å². The van der Waals surface area contributed by atoms with Crippen LogP contribution >= 0.6 is 0 Å². The minimum atomic E-state index is 0.0754. The molecule has 2 heterocycles. The van der Waals surface area contributed by atoms with Crippen molar-refractivity contribution in [1.82, 2.24) is 9.80 Å². The van der Waals surface area contributed by atoms with Gasteiger partial charge in [0.15, 0.2) is 5.75 Å². The second kappa shape index (κ2) is 8.98. The standard InChI is InChI=1S/C27H27N3O3/c1-19-9-11-23-25(17-19)33-24-12-10-21(32-2)18-22(24)26(28-23)29-13-6-14-30(16-15-29)27(31)20-7-4-3-5-8-20/h3-5,7-12,17-18H,6,13-16H2,1-2H3. The largest absolute Gasteiger partial charge is 0.497 e. The van der Waals surface area contributed by atoms with Gasteiger partial charge in [0.05, 0.1) is 12.7 Å². The van der Waals surface area contributed by atoms with Crippen molar-refractivity contribution in [2.24, 2.45) is 4.99 Å². The predicted octanol–water partition coefficient (Wildman–Crippen LogP) is 5.04. The van der Waals surface area contributed by atoms with Crippen molar-refractivity contribution in [2.75, 3.05) is 33.3 Å². The van der Waals surface area contributed by atoms with E-state index in [1.807, 2.05) is 78.6 Å². The average molecular weight is 442 g/mol. The number of hydrogen-bond acceptors (Lipinski definition) is 5. The van der Waals surface area contributed by atoms with E-state index in [9.17, 15) is 4.79 Å². The quantitative estimate of drug-likeness (QED) is 0.559. The number of fused-ring (bicyclic) bond motifs is 2. The molecule has 6 nitrogen and oxygen atoms in total. The first-order chi connectivity index (χ1) is 16.1. The molecular weight excluding hydrogens is 414 g/mol. The van der Waals surface area contributed by atoms with Crippen LogP contribution in [-0.2, 0) is 0 Å². The molecule has 0 bridgehead atoms. The van der Waals surface area contributed by atoms with Crippen LogP contribution in [0.3, 0.4) is 0 Å². The highest BCUT2D eigenvalue weighted by Crippen LogP contribution is 2.40. The SMILES string of the molecule is COc1ccc2c(c1)C(N1CCCN(C(=O)c3ccccc3)CC1)=Nc1ccc(C)cc1O2. The summed E-state index contributed by atoms with van der Waals surface area (Å²) in [5, 5.41) is 0. The molecule has 0 radical (unpaired) electrons. The monoisotopic (exact) mass is 441 g/mol. The zero-order chi connectivity index (χ0) is 22.8. The Morgan fingerprint density at radius 3 is 2.61 bits per heavy atom. The number of nitrogens with zero attached hydrogens (tertiary/aromatic N) is 3. The second-order valence-corrected chi connectivity index (χ2v) is 8.37. The number of carbonyl (C=O) groups excluding carboxylic acids is 1. The molecule has 0 atom stereocenters. The molecule has 33 heavy (non-hydrogen) atoms. The molecule has 6 heteroatoms. The van der Waals surface area contributed by atoms with Gasteiger partial charge in [0.2, 0.25) is 0 Å². The van der Waals surface area contributed by atoms with Gasteiger partial charge in [0.25, 0.3) is 5.91 Å². The van der Waals surface area contributed by atoms with Gasteiger partial charge < -0.3 is 19.3 Å². The summed E-state index contributed by atoms with van der Waals surface area (Å²) < 4.78 is 11.8. The fraction of sp³-hybridized carbons (Fsp3) is 0.259. The maximum Gasteiger partial charge on any atom is 0.253 e. The molecule has 0 spiro atoms. The number of ether oxygens (including phenoxy) is 2. The van der Waals surface area contributed by atoms with E-state index in [1.165, 1.54) is 0 Å². The van der Waals surface area contributed by atoms with Crippen LogP contribution in [0, 0.1) is 6.92 Å². The molecule has 0 aliphatic carbocycles. The molecule has 168 valence electrons. The Bertz CT molecular complexity index is 1210. The minimum absolute atomic E-state index is 0.0754. The molecular formula is C27H27N3O3. The van der Waals surface area contributed by atoms with Crippen LogP contribution in [0.25, 0.3) is 0 Å². The lowest BCUT2D eigenvalue weighted by atomic mass is 10.1. The lowest BCUT2D eigenvalue weighted by Crippen LogP contribution is -2.37. The molecule has 3 aromatic carbocycles. The Hall–Kier alpha value is -3.80. The van der Waals surface area contributed by atoms with Crippen molar-refractivity contribution in [1.29, 1.82) is 0 Å². The van der Waals surface area contributed by atoms with E-state index in [0.29, 0.717) is 13.1 Å². The summed E-state index contributed by atoms with van der Waals surface area (Å²) in [7, 11) is 1.66. The lowest BCUT2D eigenvalue weighted by molar-refractivity contribution is 0.0764. The van der Waals surface area contributed by atoms with Crippen LogP contribution < -0.4 is 9.47 Å². The van der Waals surface area contributed by atoms with Crippen LogP contribution in [0.15, 0.2) is 71.7 Å². The first kappa shape index (κ1) is 21.1. The lowest BCUT2D eigenvalue weighted by Gasteiger charge is -2.25. The third-order valence-corrected chi connectivity index (χ3v) is 6.09. The third kappa shape index (κ3) is 4.29. The third-order valence-electron chi connectivity index (χ3n) is 6.09. The van der Waals surface area contributed by atoms with Crippen molar-refractivity contribution in [3.05, 3.63) is 83.4 Å². The Morgan fingerprint density at radius 1 is 0.939 bits per heavy atom. The maximum absolute atomic E-state index is 13.0. The van der Waals surface area contributed by atoms with E-state index in [2.05, 4.69) is 4.90 Å². The molecule has 3 aromatic rings. The number of hydrogen-bond donors (Lipinski definition) is 0. The van der Waals surface area contributed by atoms with E-state index in [-0.39, 0.29) is 5.91 Å². The summed E-state index contributed by atoms with van der Waals surface area (Å²) in [5.74, 6) is 3.17. The second-order valence-electron chi connectivity index (χ2n) is 8.37. The van der Waals surface area contributed by atoms with Crippen molar-refractivity contribution in [3.8, 4) is 17.2 Å². The number of aryl methyl sites for hydroxylation is 1. The minimum Gasteiger partial charge on any atom is -0.497 e. The highest BCUT2D eigenvalue weighted by molar-refractivity contribution is 6.04. The summed E-state index contributed by atoms with van der Waals surface area (Å²) in [6.45, 7) is 4.88. The zero-order valence-corrected chi connectivity index (χ0v) is 19.0. The maximum atomic E-state index is 13.0. The fourth-order valence-corrected chi connectivity index (χ4v) is 4.32. The van der Waals surface area contributed by atoms with Crippen molar-refractivity contribution >= 4 is 17.4 Å². The van der Waals surface area contributed by atoms with Crippen LogP contribution in [0.2, 0.25) is 0 Å². The van der Waals surface area contributed by atoms with Crippen molar-refractivity contribution < 1.29 is 14.3 Å². The molecule has 0 N–H and O–H groups in total. The molecule has 2 aliphatic heterocycles. The van der Waals surface area contributed by atoms with E-state index < -0.39 is 0 Å². The van der Waals surface area contributed by atoms with Gasteiger partial charge >= 0.3 is 0 Å². The molecule has 1 saturated heterocycles. The van der Waals surface area contributed by atoms with E-state index in [1.54, 1.807) is 7.11 Å². The van der Waals surface area contributed by atoms with Crippen LogP contribution in [0.5, 0.6) is 17.2 Å². The van der Waals surface area contributed by atoms with Gasteiger partial charge in [-0.05, 0) is 61.4 Å². The van der Waals surface area contributed by atoms with Gasteiger partial charge in [-0.25, -0.2) is 4.99 Å². The summed E-state index contributed by atoms with van der Waals surface area (Å²) >= 11 is 0. The number of methoxy groups -OCH3 is 1. The molecule has 1 fully saturated rings. The van der Waals surface area contributed by atoms with Gasteiger partial charge in [-0.3, -0.25) is 4.79 Å². The highest BCUT2D eigenvalue weighted by Gasteiger charge is 2.27. The first-order valence-electron chi connectivity index (χ1n) is 11.3. The highest BCUT2D eigenvalue weighted by atomic mass is 16.5. The van der Waals surface area contributed by atoms with E-state index >= 15 is 0 Å². The number of benzene rings is 3. The molecule has 0 unspecified atom stereocenters. The number of amidine groups is 1. The summed E-state index contributed by atoms with van der Waals surface area (Å²) in [5.41, 5.74) is 3.54. The number of aliphatic imine (C=N–C) groups is 1. The predicted molar refractivity (Wildman–Crippen MR) is 129 cm³/mol. The summed E-state index contributed by atoms with van der Waals surface area (Å²) in [6.07, 6.45) is 0.860. The van der Waals surface area contributed by atoms with Crippen molar-refractivity contribution in [2.45, 2.75) is 13.3 Å². The summed E-state index contributed by atoms with van der Waals surface area (Å²) in [4.78, 5) is 22.3. The fourth-order valence-electron chi connectivity index (χ4n) is 4.32. The normalized spacial score (nSPS) is 15.4. The molecule has 1 amide bonds. The number of amides is 1. The van der Waals surface area contributed by atoms with Gasteiger partial charge in [-0.1, -0.05) is 24.3 Å². The Balaban J connectivity index is 1.48. The zero-order valence-electron chi connectivity index (χ0n) is 19.0. The Kier molecular flexibility index (Phi) is 5.73. The summed E-state index contributed by atoms with van der Waals surface area (Å²) in [6, 6.07) is 21.4. The van der Waals surface area contributed by atoms with E-state index in [0.717, 1.165) is 65.0 Å². The smallest absolute Gasteiger partial charge is 0.253 e. The van der Waals surface area contributed by atoms with Crippen LogP contribution in [-0.4, -0.2) is 54.8 Å². The number of carbonyl (C=O) groups is 1. The van der Waals surface area contributed by atoms with Gasteiger partial charge in [-0.15, -0.1) is 0 Å². The van der Waals surface area contributed by atoms with Crippen LogP contribution in [0.4, 0.5) is 5.69 Å². The average Bonchev–Trinajstić information content (AvgIpc) is 3.18. The van der Waals surface area contributed by atoms with Gasteiger partial charge in [-0.2, -0.15) is 0 Å². The molecule has 5 rings (SSSR count). The molecule has 0 aromatic heterocycles. The van der Waals surface area contributed by atoms with Crippen molar-refractivity contribution in [3.63, 3.8) is 0 Å².